The fourth-order valence-electron chi connectivity index (χ4n) is 5.06. The smallest absolute Gasteiger partial charge is 0.347 e. The van der Waals surface area contributed by atoms with Crippen LogP contribution in [-0.2, 0) is 37.4 Å². The van der Waals surface area contributed by atoms with Gasteiger partial charge in [-0.25, -0.2) is 4.79 Å². The lowest BCUT2D eigenvalue weighted by molar-refractivity contribution is -0.757. The Morgan fingerprint density at radius 1 is 1.02 bits per heavy atom. The molecule has 2 unspecified atom stereocenters. The molecule has 1 amide bonds. The molecule has 1 N–H and O–H groups in total. The first kappa shape index (κ1) is 38.0. The fourth-order valence-corrected chi connectivity index (χ4v) is 8.42. The number of hydrogen-bond donors (Lipinski definition) is 2. The van der Waals surface area contributed by atoms with Crippen molar-refractivity contribution in [3.63, 3.8) is 0 Å². The molecule has 0 aliphatic carbocycles. The molecule has 1 aliphatic rings. The van der Waals surface area contributed by atoms with Gasteiger partial charge in [0.1, 0.15) is 17.1 Å². The van der Waals surface area contributed by atoms with Crippen molar-refractivity contribution in [1.82, 2.24) is 4.67 Å². The molecule has 262 valence electrons. The number of rotatable bonds is 15. The molecule has 3 aromatic rings. The standard InChI is InChI=1S/C34H40N3O9PS2/c1-23(2)21-25-6-8-26(9-7-25)24(3)33(39)35-27-10-15-31(46-32(38)5-4-18-44-37(41)42)30(22-27)34(40)45-28-11-13-29(14-12-28)47(48,49)36-16-19-43-20-17-36/h6-15,22-24H,4-5,16-21H2,1-3H3,(H,35,39)(H,48,49). The SMILES string of the molecule is CC(C)Cc1ccc(C(C)C(=O)Nc2ccc(OC(=O)CCCO[N+](=O)[O-])c(C(=O)Oc3ccc(P(=S)(S)N4CCOCC4)cc3)c2)cc1. The summed E-state index contributed by atoms with van der Waals surface area (Å²) in [4.78, 5) is 53.9. The van der Waals surface area contributed by atoms with Gasteiger partial charge >= 0.3 is 11.9 Å². The van der Waals surface area contributed by atoms with Crippen LogP contribution in [0.1, 0.15) is 61.0 Å². The Labute approximate surface area is 295 Å². The molecular formula is C34H40N3O9PS2. The second-order valence-electron chi connectivity index (χ2n) is 11.9. The Bertz CT molecular complexity index is 1680. The Hall–Kier alpha value is -3.81. The lowest BCUT2D eigenvalue weighted by Crippen LogP contribution is -2.35. The number of nitrogens with zero attached hydrogens (tertiary/aromatic N) is 2. The zero-order valence-corrected chi connectivity index (χ0v) is 30.1. The number of carbonyl (C=O) groups excluding carboxylic acids is 3. The summed E-state index contributed by atoms with van der Waals surface area (Å²) in [7, 11) is 0. The van der Waals surface area contributed by atoms with Gasteiger partial charge in [-0.3, -0.25) is 14.3 Å². The number of morpholine rings is 1. The molecule has 3 aromatic carbocycles. The second-order valence-corrected chi connectivity index (χ2v) is 18.2. The van der Waals surface area contributed by atoms with E-state index < -0.39 is 28.3 Å². The van der Waals surface area contributed by atoms with Crippen LogP contribution >= 0.6 is 17.6 Å². The lowest BCUT2D eigenvalue weighted by atomic mass is 9.96. The van der Waals surface area contributed by atoms with Gasteiger partial charge in [0.25, 0.3) is 5.09 Å². The summed E-state index contributed by atoms with van der Waals surface area (Å²) in [6.45, 7) is 8.31. The number of amides is 1. The molecule has 2 atom stereocenters. The van der Waals surface area contributed by atoms with Gasteiger partial charge in [0.15, 0.2) is 0 Å². The molecule has 15 heteroatoms. The minimum Gasteiger partial charge on any atom is -0.426 e. The van der Waals surface area contributed by atoms with E-state index >= 15 is 0 Å². The van der Waals surface area contributed by atoms with Crippen LogP contribution in [0.5, 0.6) is 11.5 Å². The van der Waals surface area contributed by atoms with Crippen molar-refractivity contribution in [3.05, 3.63) is 93.5 Å². The van der Waals surface area contributed by atoms with E-state index in [0.717, 1.165) is 17.3 Å². The number of nitrogens with one attached hydrogen (secondary N) is 1. The van der Waals surface area contributed by atoms with E-state index in [-0.39, 0.29) is 48.1 Å². The van der Waals surface area contributed by atoms with Gasteiger partial charge in [-0.1, -0.05) is 49.9 Å². The van der Waals surface area contributed by atoms with Crippen LogP contribution in [0.3, 0.4) is 0 Å². The summed E-state index contributed by atoms with van der Waals surface area (Å²) in [6, 6.07) is 18.9. The topological polar surface area (TPSA) is 147 Å². The zero-order chi connectivity index (χ0) is 35.6. The normalized spacial score (nSPS) is 15.1. The van der Waals surface area contributed by atoms with Crippen molar-refractivity contribution < 1.29 is 38.5 Å². The molecular weight excluding hydrogens is 689 g/mol. The molecule has 0 radical (unpaired) electrons. The van der Waals surface area contributed by atoms with Crippen molar-refractivity contribution in [3.8, 4) is 11.5 Å². The van der Waals surface area contributed by atoms with Crippen LogP contribution in [0.4, 0.5) is 5.69 Å². The van der Waals surface area contributed by atoms with E-state index in [1.54, 1.807) is 31.2 Å². The Balaban J connectivity index is 1.51. The van der Waals surface area contributed by atoms with Crippen LogP contribution in [-0.4, -0.2) is 60.5 Å². The third-order valence-electron chi connectivity index (χ3n) is 7.68. The maximum Gasteiger partial charge on any atom is 0.347 e. The van der Waals surface area contributed by atoms with Gasteiger partial charge in [-0.05, 0) is 79.3 Å². The highest BCUT2D eigenvalue weighted by Gasteiger charge is 2.26. The quantitative estimate of drug-likeness (QED) is 0.0365. The third-order valence-corrected chi connectivity index (χ3v) is 12.6. The van der Waals surface area contributed by atoms with Gasteiger partial charge in [0.05, 0.1) is 31.1 Å². The van der Waals surface area contributed by atoms with Gasteiger partial charge < -0.3 is 24.4 Å². The minimum atomic E-state index is -2.34. The highest BCUT2D eigenvalue weighted by Crippen LogP contribution is 2.53. The van der Waals surface area contributed by atoms with E-state index in [0.29, 0.717) is 32.2 Å². The molecule has 0 aromatic heterocycles. The number of ether oxygens (including phenoxy) is 3. The van der Waals surface area contributed by atoms with Crippen molar-refractivity contribution in [2.24, 2.45) is 5.92 Å². The average molecular weight is 730 g/mol. The molecule has 0 spiro atoms. The van der Waals surface area contributed by atoms with Gasteiger partial charge in [-0.2, -0.15) is 0 Å². The molecule has 1 aliphatic heterocycles. The number of hydrogen-bond acceptors (Lipinski definition) is 10. The van der Waals surface area contributed by atoms with Crippen LogP contribution < -0.4 is 20.1 Å². The van der Waals surface area contributed by atoms with Crippen LogP contribution in [0.15, 0.2) is 66.7 Å². The Morgan fingerprint density at radius 3 is 2.33 bits per heavy atom. The van der Waals surface area contributed by atoms with Gasteiger partial charge in [-0.15, -0.1) is 22.4 Å². The predicted octanol–water partition coefficient (Wildman–Crippen LogP) is 5.94. The predicted molar refractivity (Wildman–Crippen MR) is 193 cm³/mol. The first-order valence-electron chi connectivity index (χ1n) is 15.8. The second kappa shape index (κ2) is 17.7. The molecule has 1 fully saturated rings. The van der Waals surface area contributed by atoms with Crippen molar-refractivity contribution in [2.45, 2.75) is 46.0 Å². The lowest BCUT2D eigenvalue weighted by Gasteiger charge is -2.34. The first-order valence-corrected chi connectivity index (χ1v) is 19.7. The van der Waals surface area contributed by atoms with Crippen molar-refractivity contribution in [1.29, 1.82) is 0 Å². The summed E-state index contributed by atoms with van der Waals surface area (Å²) >= 11 is 10.7. The van der Waals surface area contributed by atoms with E-state index in [4.69, 9.17) is 38.3 Å². The Kier molecular flexibility index (Phi) is 13.7. The van der Waals surface area contributed by atoms with Gasteiger partial charge in [0.2, 0.25) is 5.91 Å². The maximum atomic E-state index is 13.5. The largest absolute Gasteiger partial charge is 0.426 e. The number of benzene rings is 3. The first-order chi connectivity index (χ1) is 23.3. The fraction of sp³-hybridized carbons (Fsp3) is 0.382. The third kappa shape index (κ3) is 11.1. The molecule has 12 nitrogen and oxygen atoms in total. The van der Waals surface area contributed by atoms with Crippen molar-refractivity contribution in [2.75, 3.05) is 38.2 Å². The molecule has 0 saturated carbocycles. The van der Waals surface area contributed by atoms with Gasteiger partial charge in [0, 0.05) is 30.5 Å². The summed E-state index contributed by atoms with van der Waals surface area (Å²) < 4.78 is 18.7. The monoisotopic (exact) mass is 729 g/mol. The summed E-state index contributed by atoms with van der Waals surface area (Å²) in [5, 5.41) is 10.8. The van der Waals surface area contributed by atoms with Crippen LogP contribution in [0, 0.1) is 16.0 Å². The highest BCUT2D eigenvalue weighted by atomic mass is 32.9. The maximum absolute atomic E-state index is 13.5. The number of carbonyl (C=O) groups is 3. The molecule has 1 saturated heterocycles. The van der Waals surface area contributed by atoms with E-state index in [1.807, 2.05) is 24.3 Å². The molecule has 1 heterocycles. The summed E-state index contributed by atoms with van der Waals surface area (Å²) in [5.41, 5.74) is 2.19. The Morgan fingerprint density at radius 2 is 1.69 bits per heavy atom. The van der Waals surface area contributed by atoms with Crippen LogP contribution in [0.2, 0.25) is 0 Å². The molecule has 4 rings (SSSR count). The summed E-state index contributed by atoms with van der Waals surface area (Å²) in [6.07, 6.45) is 0.765. The van der Waals surface area contributed by atoms with E-state index in [9.17, 15) is 24.5 Å². The van der Waals surface area contributed by atoms with E-state index in [1.165, 1.54) is 23.8 Å². The molecule has 49 heavy (non-hydrogen) atoms. The van der Waals surface area contributed by atoms with Crippen molar-refractivity contribution >= 4 is 58.3 Å². The van der Waals surface area contributed by atoms with Crippen LogP contribution in [0.25, 0.3) is 0 Å². The number of anilines is 1. The number of thiol groups is 1. The molecule has 0 bridgehead atoms. The zero-order valence-electron chi connectivity index (χ0n) is 27.5. The van der Waals surface area contributed by atoms with E-state index in [2.05, 4.69) is 28.7 Å². The highest BCUT2D eigenvalue weighted by molar-refractivity contribution is 8.65. The average Bonchev–Trinajstić information content (AvgIpc) is 3.07. The number of esters is 2. The summed E-state index contributed by atoms with van der Waals surface area (Å²) in [5.74, 6) is -1.74. The minimum absolute atomic E-state index is 0.0268.